The largest absolute Gasteiger partial charge is 0.507 e. The van der Waals surface area contributed by atoms with Crippen molar-refractivity contribution in [3.8, 4) is 5.75 Å². The molecule has 1 unspecified atom stereocenters. The summed E-state index contributed by atoms with van der Waals surface area (Å²) >= 11 is 6.43. The van der Waals surface area contributed by atoms with E-state index in [-0.39, 0.29) is 11.3 Å². The zero-order valence-electron chi connectivity index (χ0n) is 22.5. The molecule has 1 aliphatic heterocycles. The van der Waals surface area contributed by atoms with Gasteiger partial charge in [0.15, 0.2) is 0 Å². The fraction of sp³-hybridized carbons (Fsp3) is 0.118. The van der Waals surface area contributed by atoms with E-state index in [9.17, 15) is 14.7 Å². The van der Waals surface area contributed by atoms with Gasteiger partial charge < -0.3 is 14.8 Å². The fourth-order valence-corrected chi connectivity index (χ4v) is 5.47. The van der Waals surface area contributed by atoms with E-state index in [2.05, 4.69) is 4.98 Å². The summed E-state index contributed by atoms with van der Waals surface area (Å²) in [7, 11) is 0. The lowest BCUT2D eigenvalue weighted by Crippen LogP contribution is -2.29. The molecule has 4 aromatic carbocycles. The minimum absolute atomic E-state index is 0.00815. The van der Waals surface area contributed by atoms with Crippen molar-refractivity contribution in [3.63, 3.8) is 0 Å². The first-order valence-electron chi connectivity index (χ1n) is 13.2. The first-order chi connectivity index (χ1) is 19.8. The fourth-order valence-electron chi connectivity index (χ4n) is 5.29. The quantitative estimate of drug-likeness (QED) is 0.126. The Morgan fingerprint density at radius 2 is 1.68 bits per heavy atom. The summed E-state index contributed by atoms with van der Waals surface area (Å²) in [6.45, 7) is 4.14. The molecule has 1 atom stereocenters. The van der Waals surface area contributed by atoms with Crippen molar-refractivity contribution < 1.29 is 19.4 Å². The number of aliphatic hydroxyl groups excluding tert-OH is 1. The van der Waals surface area contributed by atoms with Crippen LogP contribution >= 0.6 is 11.6 Å². The number of para-hydroxylation sites is 1. The van der Waals surface area contributed by atoms with E-state index < -0.39 is 17.7 Å². The van der Waals surface area contributed by atoms with E-state index in [0.717, 1.165) is 27.6 Å². The summed E-state index contributed by atoms with van der Waals surface area (Å²) in [5.41, 5.74) is 5.11. The first-order valence-corrected chi connectivity index (χ1v) is 13.6. The van der Waals surface area contributed by atoms with Crippen LogP contribution in [0.5, 0.6) is 5.75 Å². The number of nitrogens with one attached hydrogen (secondary N) is 1. The number of carbonyl (C=O) groups is 2. The topological polar surface area (TPSA) is 82.6 Å². The van der Waals surface area contributed by atoms with Crippen molar-refractivity contribution >= 4 is 45.6 Å². The van der Waals surface area contributed by atoms with Gasteiger partial charge in [-0.3, -0.25) is 14.5 Å². The highest BCUT2D eigenvalue weighted by molar-refractivity contribution is 6.52. The molecule has 1 aliphatic rings. The molecule has 41 heavy (non-hydrogen) atoms. The van der Waals surface area contributed by atoms with Crippen molar-refractivity contribution in [3.05, 3.63) is 136 Å². The summed E-state index contributed by atoms with van der Waals surface area (Å²) in [6.07, 6.45) is 1.78. The molecule has 204 valence electrons. The molecule has 0 aliphatic carbocycles. The average molecular weight is 563 g/mol. The number of amides is 1. The monoisotopic (exact) mass is 562 g/mol. The van der Waals surface area contributed by atoms with Crippen LogP contribution in [0.2, 0.25) is 5.02 Å². The Kier molecular flexibility index (Phi) is 6.85. The van der Waals surface area contributed by atoms with Crippen LogP contribution in [-0.2, 0) is 16.2 Å². The number of H-pyrrole nitrogens is 1. The lowest BCUT2D eigenvalue weighted by molar-refractivity contribution is -0.132. The van der Waals surface area contributed by atoms with Crippen LogP contribution in [0, 0.1) is 13.8 Å². The third-order valence-electron chi connectivity index (χ3n) is 7.48. The van der Waals surface area contributed by atoms with Crippen LogP contribution in [0.15, 0.2) is 103 Å². The predicted octanol–water partition coefficient (Wildman–Crippen LogP) is 7.64. The minimum Gasteiger partial charge on any atom is -0.507 e. The van der Waals surface area contributed by atoms with Gasteiger partial charge in [0.1, 0.15) is 18.1 Å². The molecule has 1 aromatic heterocycles. The molecule has 2 N–H and O–H groups in total. The zero-order valence-corrected chi connectivity index (χ0v) is 23.3. The van der Waals surface area contributed by atoms with Gasteiger partial charge in [-0.05, 0) is 66.9 Å². The molecule has 7 heteroatoms. The van der Waals surface area contributed by atoms with Gasteiger partial charge >= 0.3 is 0 Å². The number of aliphatic hydroxyl groups is 1. The summed E-state index contributed by atoms with van der Waals surface area (Å²) < 4.78 is 6.00. The molecule has 0 bridgehead atoms. The standard InChI is InChI=1S/C34H27ClN2O4/c1-20-12-14-24(17-27(20)35)37-31(26-18-36-28-11-7-6-10-25(26)28)30(33(39)34(37)40)32(38)23-13-15-29(21(2)16-23)41-19-22-8-4-3-5-9-22/h3-18,31,36,38H,19H2,1-2H3/b32-30+. The molecule has 2 heterocycles. The number of aromatic amines is 1. The molecule has 5 aromatic rings. The van der Waals surface area contributed by atoms with Crippen LogP contribution in [-0.4, -0.2) is 21.8 Å². The highest BCUT2D eigenvalue weighted by Crippen LogP contribution is 2.45. The van der Waals surface area contributed by atoms with Crippen LogP contribution in [0.1, 0.15) is 33.9 Å². The number of Topliss-reactive ketones (excluding diaryl/α,β-unsaturated/α-hetero) is 1. The summed E-state index contributed by atoms with van der Waals surface area (Å²) in [5.74, 6) is -1.09. The van der Waals surface area contributed by atoms with Gasteiger partial charge in [0.05, 0.1) is 11.6 Å². The average Bonchev–Trinajstić information content (AvgIpc) is 3.52. The lowest BCUT2D eigenvalue weighted by Gasteiger charge is -2.25. The van der Waals surface area contributed by atoms with Crippen LogP contribution < -0.4 is 9.64 Å². The SMILES string of the molecule is Cc1ccc(N2C(=O)C(=O)/C(=C(/O)c3ccc(OCc4ccccc4)c(C)c3)C2c2c[nH]c3ccccc23)cc1Cl. The number of ketones is 1. The summed E-state index contributed by atoms with van der Waals surface area (Å²) in [5, 5.41) is 13.0. The molecule has 6 rings (SSSR count). The number of halogens is 1. The Balaban J connectivity index is 1.45. The van der Waals surface area contributed by atoms with Gasteiger partial charge in [-0.15, -0.1) is 0 Å². The molecule has 6 nitrogen and oxygen atoms in total. The number of carbonyl (C=O) groups excluding carboxylic acids is 2. The number of rotatable bonds is 6. The Labute approximate surface area is 242 Å². The van der Waals surface area contributed by atoms with Gasteiger partial charge in [0.25, 0.3) is 11.7 Å². The molecular weight excluding hydrogens is 536 g/mol. The Morgan fingerprint density at radius 3 is 2.44 bits per heavy atom. The summed E-state index contributed by atoms with van der Waals surface area (Å²) in [6, 6.07) is 27.1. The molecule has 0 saturated carbocycles. The highest BCUT2D eigenvalue weighted by Gasteiger charge is 2.47. The number of ether oxygens (including phenoxy) is 1. The van der Waals surface area contributed by atoms with E-state index >= 15 is 0 Å². The molecular formula is C34H27ClN2O4. The van der Waals surface area contributed by atoms with Crippen molar-refractivity contribution in [2.24, 2.45) is 0 Å². The number of hydrogen-bond acceptors (Lipinski definition) is 4. The molecule has 1 fully saturated rings. The Morgan fingerprint density at radius 1 is 0.927 bits per heavy atom. The van der Waals surface area contributed by atoms with E-state index in [4.69, 9.17) is 16.3 Å². The van der Waals surface area contributed by atoms with Gasteiger partial charge in [0.2, 0.25) is 0 Å². The summed E-state index contributed by atoms with van der Waals surface area (Å²) in [4.78, 5) is 31.9. The zero-order chi connectivity index (χ0) is 28.7. The number of hydrogen-bond donors (Lipinski definition) is 2. The normalized spacial score (nSPS) is 16.5. The smallest absolute Gasteiger partial charge is 0.300 e. The number of aromatic nitrogens is 1. The van der Waals surface area contributed by atoms with E-state index in [1.165, 1.54) is 4.90 Å². The Bertz CT molecular complexity index is 1840. The van der Waals surface area contributed by atoms with Gasteiger partial charge in [-0.25, -0.2) is 0 Å². The Hall–Kier alpha value is -4.81. The maximum Gasteiger partial charge on any atom is 0.300 e. The van der Waals surface area contributed by atoms with Gasteiger partial charge in [0, 0.05) is 38.9 Å². The number of anilines is 1. The molecule has 1 amide bonds. The second kappa shape index (κ2) is 10.6. The van der Waals surface area contributed by atoms with Gasteiger partial charge in [-0.2, -0.15) is 0 Å². The van der Waals surface area contributed by atoms with E-state index in [1.54, 1.807) is 42.6 Å². The number of fused-ring (bicyclic) bond motifs is 1. The predicted molar refractivity (Wildman–Crippen MR) is 161 cm³/mol. The maximum atomic E-state index is 13.6. The minimum atomic E-state index is -0.876. The highest BCUT2D eigenvalue weighted by atomic mass is 35.5. The molecule has 0 spiro atoms. The van der Waals surface area contributed by atoms with Crippen LogP contribution in [0.3, 0.4) is 0 Å². The molecule has 0 radical (unpaired) electrons. The first kappa shape index (κ1) is 26.4. The van der Waals surface area contributed by atoms with E-state index in [0.29, 0.717) is 34.2 Å². The number of aryl methyl sites for hydroxylation is 2. The second-order valence-corrected chi connectivity index (χ2v) is 10.6. The van der Waals surface area contributed by atoms with Crippen LogP contribution in [0.4, 0.5) is 5.69 Å². The van der Waals surface area contributed by atoms with Crippen molar-refractivity contribution in [2.75, 3.05) is 4.90 Å². The van der Waals surface area contributed by atoms with Crippen LogP contribution in [0.25, 0.3) is 16.7 Å². The second-order valence-electron chi connectivity index (χ2n) is 10.1. The third-order valence-corrected chi connectivity index (χ3v) is 7.89. The maximum absolute atomic E-state index is 13.6. The van der Waals surface area contributed by atoms with Crippen molar-refractivity contribution in [1.82, 2.24) is 4.98 Å². The van der Waals surface area contributed by atoms with Crippen molar-refractivity contribution in [1.29, 1.82) is 0 Å². The van der Waals surface area contributed by atoms with E-state index in [1.807, 2.05) is 68.4 Å². The third kappa shape index (κ3) is 4.77. The number of benzene rings is 4. The lowest BCUT2D eigenvalue weighted by atomic mass is 9.94. The number of nitrogens with zero attached hydrogens (tertiary/aromatic N) is 1. The van der Waals surface area contributed by atoms with Crippen molar-refractivity contribution in [2.45, 2.75) is 26.5 Å². The molecule has 1 saturated heterocycles. The van der Waals surface area contributed by atoms with Gasteiger partial charge in [-0.1, -0.05) is 66.2 Å².